The molecule has 1 unspecified atom stereocenters. The number of hydrogen-bond donors (Lipinski definition) is 2. The second kappa shape index (κ2) is 4.38. The molecule has 0 aliphatic heterocycles. The number of benzene rings is 1. The Balaban J connectivity index is 3.45. The molecule has 1 aromatic rings. The van der Waals surface area contributed by atoms with Gasteiger partial charge in [-0.1, -0.05) is 0 Å². The van der Waals surface area contributed by atoms with Crippen molar-refractivity contribution in [2.45, 2.75) is 19.8 Å². The summed E-state index contributed by atoms with van der Waals surface area (Å²) in [6.45, 7) is 2.96. The summed E-state index contributed by atoms with van der Waals surface area (Å²) < 4.78 is 18.0. The van der Waals surface area contributed by atoms with Gasteiger partial charge in [-0.2, -0.15) is 0 Å². The number of halogens is 1. The van der Waals surface area contributed by atoms with Crippen LogP contribution in [0.4, 0.5) is 4.39 Å². The topological polar surface area (TPSA) is 66.8 Å². The number of aliphatic carboxylic acids is 1. The van der Waals surface area contributed by atoms with E-state index in [0.717, 1.165) is 6.07 Å². The highest BCUT2D eigenvalue weighted by molar-refractivity contribution is 5.78. The lowest BCUT2D eigenvalue weighted by Crippen LogP contribution is -2.10. The number of ether oxygens (including phenoxy) is 1. The number of carboxylic acids is 1. The van der Waals surface area contributed by atoms with Crippen molar-refractivity contribution in [2.75, 3.05) is 7.11 Å². The van der Waals surface area contributed by atoms with E-state index >= 15 is 0 Å². The molecule has 0 aliphatic rings. The van der Waals surface area contributed by atoms with Crippen LogP contribution >= 0.6 is 0 Å². The SMILES string of the molecule is COc1c(F)cc(C)c(C(C)C(=O)O)c1O. The predicted molar refractivity (Wildman–Crippen MR) is 55.4 cm³/mol. The Kier molecular flexibility index (Phi) is 3.37. The zero-order chi connectivity index (χ0) is 12.5. The molecule has 1 atom stereocenters. The molecule has 0 saturated carbocycles. The van der Waals surface area contributed by atoms with Gasteiger partial charge in [0.1, 0.15) is 0 Å². The van der Waals surface area contributed by atoms with Crippen LogP contribution in [0.25, 0.3) is 0 Å². The van der Waals surface area contributed by atoms with Crippen molar-refractivity contribution in [2.24, 2.45) is 0 Å². The van der Waals surface area contributed by atoms with Gasteiger partial charge in [-0.15, -0.1) is 0 Å². The Morgan fingerprint density at radius 3 is 2.56 bits per heavy atom. The van der Waals surface area contributed by atoms with Crippen molar-refractivity contribution in [1.29, 1.82) is 0 Å². The van der Waals surface area contributed by atoms with Crippen LogP contribution in [0.3, 0.4) is 0 Å². The van der Waals surface area contributed by atoms with Crippen LogP contribution < -0.4 is 4.74 Å². The third-order valence-corrected chi connectivity index (χ3v) is 2.46. The van der Waals surface area contributed by atoms with Gasteiger partial charge in [0, 0.05) is 5.56 Å². The lowest BCUT2D eigenvalue weighted by atomic mass is 9.95. The fourth-order valence-corrected chi connectivity index (χ4v) is 1.62. The molecule has 0 amide bonds. The number of aryl methyl sites for hydroxylation is 1. The number of carboxylic acid groups (broad SMARTS) is 1. The molecule has 0 aromatic heterocycles. The number of phenols is 1. The molecule has 0 heterocycles. The molecule has 2 N–H and O–H groups in total. The fraction of sp³-hybridized carbons (Fsp3) is 0.364. The van der Waals surface area contributed by atoms with Crippen molar-refractivity contribution in [3.8, 4) is 11.5 Å². The summed E-state index contributed by atoms with van der Waals surface area (Å²) in [5.41, 5.74) is 0.552. The van der Waals surface area contributed by atoms with Crippen LogP contribution in [0, 0.1) is 12.7 Å². The number of methoxy groups -OCH3 is 1. The Morgan fingerprint density at radius 2 is 2.12 bits per heavy atom. The third-order valence-electron chi connectivity index (χ3n) is 2.46. The monoisotopic (exact) mass is 228 g/mol. The third kappa shape index (κ3) is 1.93. The van der Waals surface area contributed by atoms with Gasteiger partial charge in [0.2, 0.25) is 0 Å². The van der Waals surface area contributed by atoms with E-state index in [1.165, 1.54) is 21.0 Å². The van der Waals surface area contributed by atoms with Crippen molar-refractivity contribution in [1.82, 2.24) is 0 Å². The lowest BCUT2D eigenvalue weighted by molar-refractivity contribution is -0.138. The second-order valence-corrected chi connectivity index (χ2v) is 3.53. The number of hydrogen-bond acceptors (Lipinski definition) is 3. The van der Waals surface area contributed by atoms with Crippen LogP contribution in [-0.2, 0) is 4.79 Å². The molecule has 4 nitrogen and oxygen atoms in total. The summed E-state index contributed by atoms with van der Waals surface area (Å²) >= 11 is 0. The second-order valence-electron chi connectivity index (χ2n) is 3.53. The minimum Gasteiger partial charge on any atom is -0.504 e. The van der Waals surface area contributed by atoms with Crippen molar-refractivity contribution in [3.63, 3.8) is 0 Å². The van der Waals surface area contributed by atoms with Crippen LogP contribution in [0.5, 0.6) is 11.5 Å². The van der Waals surface area contributed by atoms with E-state index in [1.54, 1.807) is 0 Å². The Bertz CT molecular complexity index is 428. The van der Waals surface area contributed by atoms with Gasteiger partial charge in [0.15, 0.2) is 17.3 Å². The molecule has 0 fully saturated rings. The quantitative estimate of drug-likeness (QED) is 0.830. The standard InChI is InChI=1S/C11H13FO4/c1-5-4-7(12)10(16-3)9(13)8(5)6(2)11(14)15/h4,6,13H,1-3H3,(H,14,15). The number of carbonyl (C=O) groups is 1. The summed E-state index contributed by atoms with van der Waals surface area (Å²) in [4.78, 5) is 10.8. The molecular weight excluding hydrogens is 215 g/mol. The van der Waals surface area contributed by atoms with Gasteiger partial charge in [0.25, 0.3) is 0 Å². The summed E-state index contributed by atoms with van der Waals surface area (Å²) in [5.74, 6) is -3.50. The smallest absolute Gasteiger partial charge is 0.310 e. The normalized spacial score (nSPS) is 12.2. The van der Waals surface area contributed by atoms with E-state index in [9.17, 15) is 14.3 Å². The minimum absolute atomic E-state index is 0.172. The average molecular weight is 228 g/mol. The van der Waals surface area contributed by atoms with E-state index in [1.807, 2.05) is 0 Å². The largest absolute Gasteiger partial charge is 0.504 e. The van der Waals surface area contributed by atoms with Gasteiger partial charge in [-0.05, 0) is 25.5 Å². The van der Waals surface area contributed by atoms with E-state index in [4.69, 9.17) is 5.11 Å². The van der Waals surface area contributed by atoms with Crippen molar-refractivity contribution >= 4 is 5.97 Å². The highest BCUT2D eigenvalue weighted by Gasteiger charge is 2.24. The van der Waals surface area contributed by atoms with Crippen molar-refractivity contribution in [3.05, 3.63) is 23.0 Å². The molecule has 16 heavy (non-hydrogen) atoms. The van der Waals surface area contributed by atoms with E-state index < -0.39 is 23.5 Å². The first-order valence-corrected chi connectivity index (χ1v) is 4.68. The van der Waals surface area contributed by atoms with Gasteiger partial charge >= 0.3 is 5.97 Å². The molecule has 5 heteroatoms. The summed E-state index contributed by atoms with van der Waals surface area (Å²) in [5, 5.41) is 18.6. The molecule has 1 aromatic carbocycles. The van der Waals surface area contributed by atoms with Crippen LogP contribution in [0.15, 0.2) is 6.07 Å². The fourth-order valence-electron chi connectivity index (χ4n) is 1.62. The molecule has 0 aliphatic carbocycles. The first-order valence-electron chi connectivity index (χ1n) is 4.68. The van der Waals surface area contributed by atoms with E-state index in [2.05, 4.69) is 4.74 Å². The summed E-state index contributed by atoms with van der Waals surface area (Å²) in [6, 6.07) is 1.15. The summed E-state index contributed by atoms with van der Waals surface area (Å²) in [6.07, 6.45) is 0. The number of phenolic OH excluding ortho intramolecular Hbond substituents is 1. The van der Waals surface area contributed by atoms with Gasteiger partial charge in [0.05, 0.1) is 13.0 Å². The first-order chi connectivity index (χ1) is 7.40. The van der Waals surface area contributed by atoms with Crippen molar-refractivity contribution < 1.29 is 24.1 Å². The molecule has 1 rings (SSSR count). The van der Waals surface area contributed by atoms with Gasteiger partial charge in [-0.25, -0.2) is 4.39 Å². The highest BCUT2D eigenvalue weighted by atomic mass is 19.1. The number of aromatic hydroxyl groups is 1. The maximum atomic E-state index is 13.3. The first kappa shape index (κ1) is 12.3. The zero-order valence-electron chi connectivity index (χ0n) is 9.24. The highest BCUT2D eigenvalue weighted by Crippen LogP contribution is 2.39. The van der Waals surface area contributed by atoms with Gasteiger partial charge in [-0.3, -0.25) is 4.79 Å². The lowest BCUT2D eigenvalue weighted by Gasteiger charge is -2.15. The van der Waals surface area contributed by atoms with E-state index in [-0.39, 0.29) is 11.3 Å². The maximum absolute atomic E-state index is 13.3. The molecule has 88 valence electrons. The number of rotatable bonds is 3. The Labute approximate surface area is 92.3 Å². The maximum Gasteiger partial charge on any atom is 0.310 e. The molecule has 0 spiro atoms. The van der Waals surface area contributed by atoms with Gasteiger partial charge < -0.3 is 14.9 Å². The average Bonchev–Trinajstić information content (AvgIpc) is 2.17. The zero-order valence-corrected chi connectivity index (χ0v) is 9.24. The molecule has 0 saturated heterocycles. The van der Waals surface area contributed by atoms with Crippen LogP contribution in [-0.4, -0.2) is 23.3 Å². The minimum atomic E-state index is -1.09. The van der Waals surface area contributed by atoms with E-state index in [0.29, 0.717) is 5.56 Å². The Hall–Kier alpha value is -1.78. The predicted octanol–water partition coefficient (Wildman–Crippen LogP) is 2.04. The molecule has 0 bridgehead atoms. The Morgan fingerprint density at radius 1 is 1.56 bits per heavy atom. The molecule has 0 radical (unpaired) electrons. The summed E-state index contributed by atoms with van der Waals surface area (Å²) in [7, 11) is 1.21. The van der Waals surface area contributed by atoms with Crippen LogP contribution in [0.2, 0.25) is 0 Å². The van der Waals surface area contributed by atoms with Crippen LogP contribution in [0.1, 0.15) is 24.0 Å². The molecular formula is C11H13FO4.